The first-order valence-electron chi connectivity index (χ1n) is 12.6. The van der Waals surface area contributed by atoms with E-state index in [1.807, 2.05) is 91.1 Å². The molecule has 41 heavy (non-hydrogen) atoms. The second-order valence-corrected chi connectivity index (χ2v) is 9.55. The molecule has 0 atom stereocenters. The summed E-state index contributed by atoms with van der Waals surface area (Å²) in [5.74, 6) is -0.156. The van der Waals surface area contributed by atoms with Crippen LogP contribution in [0.25, 0.3) is 10.8 Å². The highest BCUT2D eigenvalue weighted by molar-refractivity contribution is 6.07. The van der Waals surface area contributed by atoms with Crippen LogP contribution in [-0.2, 0) is 20.1 Å². The normalized spacial score (nSPS) is 12.3. The van der Waals surface area contributed by atoms with Gasteiger partial charge in [-0.2, -0.15) is 0 Å². The molecule has 0 bridgehead atoms. The molecule has 2 amide bonds. The SMILES string of the molecule is Cl.Cl.Cl.Cn1cccc1C(=O)Nc1ccc2c(c1)N(Cc1cnc[nH]1)CCN(C(=O)c1cccc3ccccc13)C2. The fourth-order valence-electron chi connectivity index (χ4n) is 5.10. The zero-order chi connectivity index (χ0) is 26.1. The molecule has 0 aliphatic carbocycles. The van der Waals surface area contributed by atoms with Crippen LogP contribution in [0.4, 0.5) is 11.4 Å². The summed E-state index contributed by atoms with van der Waals surface area (Å²) < 4.78 is 1.79. The first-order valence-corrected chi connectivity index (χ1v) is 12.6. The predicted molar refractivity (Wildman–Crippen MR) is 170 cm³/mol. The summed E-state index contributed by atoms with van der Waals surface area (Å²) in [6.07, 6.45) is 5.32. The molecule has 0 saturated heterocycles. The van der Waals surface area contributed by atoms with E-state index in [1.165, 1.54) is 0 Å². The Hall–Kier alpha value is -3.98. The Bertz CT molecular complexity index is 1630. The van der Waals surface area contributed by atoms with E-state index in [-0.39, 0.29) is 49.0 Å². The minimum absolute atomic E-state index is 0. The minimum Gasteiger partial charge on any atom is -0.364 e. The van der Waals surface area contributed by atoms with Crippen LogP contribution in [0.2, 0.25) is 0 Å². The molecule has 2 aromatic heterocycles. The number of nitrogens with zero attached hydrogens (tertiary/aromatic N) is 4. The molecular formula is C30H31Cl3N6O2. The zero-order valence-electron chi connectivity index (χ0n) is 22.3. The molecule has 5 aromatic rings. The Morgan fingerprint density at radius 2 is 1.76 bits per heavy atom. The number of hydrogen-bond acceptors (Lipinski definition) is 4. The number of benzene rings is 3. The fourth-order valence-corrected chi connectivity index (χ4v) is 5.10. The Balaban J connectivity index is 0.00000154. The highest BCUT2D eigenvalue weighted by Gasteiger charge is 2.26. The molecule has 0 unspecified atom stereocenters. The maximum Gasteiger partial charge on any atom is 0.272 e. The fraction of sp³-hybridized carbons (Fsp3) is 0.167. The molecule has 6 rings (SSSR count). The first kappa shape index (κ1) is 31.5. The van der Waals surface area contributed by atoms with E-state index in [1.54, 1.807) is 17.0 Å². The number of aryl methyl sites for hydroxylation is 1. The number of amides is 2. The van der Waals surface area contributed by atoms with Gasteiger partial charge in [0.05, 0.1) is 18.6 Å². The van der Waals surface area contributed by atoms with Crippen molar-refractivity contribution in [1.29, 1.82) is 0 Å². The number of fused-ring (bicyclic) bond motifs is 2. The third kappa shape index (κ3) is 6.51. The van der Waals surface area contributed by atoms with E-state index in [2.05, 4.69) is 20.2 Å². The van der Waals surface area contributed by atoms with Crippen LogP contribution in [0.1, 0.15) is 32.1 Å². The molecule has 214 valence electrons. The lowest BCUT2D eigenvalue weighted by molar-refractivity contribution is 0.0753. The largest absolute Gasteiger partial charge is 0.364 e. The summed E-state index contributed by atoms with van der Waals surface area (Å²) in [6.45, 7) is 2.29. The van der Waals surface area contributed by atoms with E-state index < -0.39 is 0 Å². The van der Waals surface area contributed by atoms with Crippen molar-refractivity contribution in [3.63, 3.8) is 0 Å². The van der Waals surface area contributed by atoms with Crippen molar-refractivity contribution in [1.82, 2.24) is 19.4 Å². The van der Waals surface area contributed by atoms with E-state index in [4.69, 9.17) is 0 Å². The smallest absolute Gasteiger partial charge is 0.272 e. The highest BCUT2D eigenvalue weighted by atomic mass is 35.5. The maximum absolute atomic E-state index is 13.8. The number of carbonyl (C=O) groups excluding carboxylic acids is 2. The third-order valence-corrected chi connectivity index (χ3v) is 7.08. The number of nitrogens with one attached hydrogen (secondary N) is 2. The number of rotatable bonds is 5. The second-order valence-electron chi connectivity index (χ2n) is 9.55. The van der Waals surface area contributed by atoms with Gasteiger partial charge in [-0.1, -0.05) is 42.5 Å². The minimum atomic E-state index is -0.168. The number of hydrogen-bond donors (Lipinski definition) is 2. The first-order chi connectivity index (χ1) is 18.6. The molecule has 0 radical (unpaired) electrons. The molecule has 0 spiro atoms. The van der Waals surface area contributed by atoms with Gasteiger partial charge >= 0.3 is 0 Å². The van der Waals surface area contributed by atoms with Crippen LogP contribution in [-0.4, -0.2) is 44.3 Å². The molecule has 1 aliphatic rings. The van der Waals surface area contributed by atoms with Crippen molar-refractivity contribution in [2.75, 3.05) is 23.3 Å². The number of aromatic nitrogens is 3. The predicted octanol–water partition coefficient (Wildman–Crippen LogP) is 6.08. The zero-order valence-corrected chi connectivity index (χ0v) is 24.8. The Morgan fingerprint density at radius 3 is 2.51 bits per heavy atom. The van der Waals surface area contributed by atoms with Crippen molar-refractivity contribution in [3.8, 4) is 0 Å². The molecular weight excluding hydrogens is 583 g/mol. The van der Waals surface area contributed by atoms with Crippen molar-refractivity contribution in [2.45, 2.75) is 13.1 Å². The molecule has 3 aromatic carbocycles. The maximum atomic E-state index is 13.8. The summed E-state index contributed by atoms with van der Waals surface area (Å²) in [7, 11) is 1.85. The molecule has 8 nitrogen and oxygen atoms in total. The highest BCUT2D eigenvalue weighted by Crippen LogP contribution is 2.31. The van der Waals surface area contributed by atoms with Crippen LogP contribution in [0.15, 0.2) is 91.5 Å². The van der Waals surface area contributed by atoms with Crippen LogP contribution < -0.4 is 10.2 Å². The van der Waals surface area contributed by atoms with Crippen molar-refractivity contribution in [3.05, 3.63) is 114 Å². The lowest BCUT2D eigenvalue weighted by Gasteiger charge is -2.25. The van der Waals surface area contributed by atoms with Crippen LogP contribution in [0.3, 0.4) is 0 Å². The molecule has 3 heterocycles. The second kappa shape index (κ2) is 13.6. The van der Waals surface area contributed by atoms with Crippen LogP contribution in [0, 0.1) is 0 Å². The number of carbonyl (C=O) groups is 2. The number of halogens is 3. The number of H-pyrrole nitrogens is 1. The average Bonchev–Trinajstić information content (AvgIpc) is 3.58. The van der Waals surface area contributed by atoms with Gasteiger partial charge < -0.3 is 24.7 Å². The van der Waals surface area contributed by atoms with Gasteiger partial charge in [-0.25, -0.2) is 4.98 Å². The van der Waals surface area contributed by atoms with Gasteiger partial charge in [0.15, 0.2) is 0 Å². The van der Waals surface area contributed by atoms with E-state index >= 15 is 0 Å². The molecule has 11 heteroatoms. The van der Waals surface area contributed by atoms with Crippen molar-refractivity contribution >= 4 is 71.2 Å². The van der Waals surface area contributed by atoms with Crippen LogP contribution in [0.5, 0.6) is 0 Å². The molecule has 0 saturated carbocycles. The lowest BCUT2D eigenvalue weighted by Crippen LogP contribution is -2.35. The van der Waals surface area contributed by atoms with E-state index in [0.29, 0.717) is 43.1 Å². The average molecular weight is 614 g/mol. The summed E-state index contributed by atoms with van der Waals surface area (Å²) in [4.78, 5) is 38.2. The molecule has 2 N–H and O–H groups in total. The van der Waals surface area contributed by atoms with Gasteiger partial charge in [-0.15, -0.1) is 37.2 Å². The van der Waals surface area contributed by atoms with Crippen LogP contribution >= 0.6 is 37.2 Å². The van der Waals surface area contributed by atoms with Gasteiger partial charge in [0.2, 0.25) is 0 Å². The van der Waals surface area contributed by atoms with Crippen molar-refractivity contribution in [2.24, 2.45) is 7.05 Å². The monoisotopic (exact) mass is 612 g/mol. The number of aromatic amines is 1. The standard InChI is InChI=1S/C30H28N6O2.3ClH/c1-34-13-5-10-27(34)29(37)33-23-12-11-22-18-36(15-14-35(28(22)16-23)19-24-17-31-20-32-24)30(38)26-9-4-7-21-6-2-3-8-25(21)26;;;/h2-13,16-17,20H,14-15,18-19H2,1H3,(H,31,32)(H,33,37);3*1H. The van der Waals surface area contributed by atoms with E-state index in [0.717, 1.165) is 27.7 Å². The summed E-state index contributed by atoms with van der Waals surface area (Å²) in [5, 5.41) is 5.03. The number of imidazole rings is 1. The lowest BCUT2D eigenvalue weighted by atomic mass is 10.0. The Labute approximate surface area is 257 Å². The Morgan fingerprint density at radius 1 is 0.951 bits per heavy atom. The van der Waals surface area contributed by atoms with Crippen molar-refractivity contribution < 1.29 is 9.59 Å². The Kier molecular flexibility index (Phi) is 10.5. The van der Waals surface area contributed by atoms with E-state index in [9.17, 15) is 9.59 Å². The quantitative estimate of drug-likeness (QED) is 0.252. The number of anilines is 2. The third-order valence-electron chi connectivity index (χ3n) is 7.08. The van der Waals surface area contributed by atoms with Gasteiger partial charge in [0, 0.05) is 56.0 Å². The summed E-state index contributed by atoms with van der Waals surface area (Å²) in [6, 6.07) is 23.4. The van der Waals surface area contributed by atoms with Gasteiger partial charge in [0.25, 0.3) is 11.8 Å². The summed E-state index contributed by atoms with van der Waals surface area (Å²) in [5.41, 5.74) is 4.98. The molecule has 1 aliphatic heterocycles. The molecule has 0 fully saturated rings. The van der Waals surface area contributed by atoms with Gasteiger partial charge in [0.1, 0.15) is 5.69 Å². The van der Waals surface area contributed by atoms with Gasteiger partial charge in [-0.05, 0) is 46.7 Å². The summed E-state index contributed by atoms with van der Waals surface area (Å²) >= 11 is 0. The topological polar surface area (TPSA) is 86.3 Å². The van der Waals surface area contributed by atoms with Gasteiger partial charge in [-0.3, -0.25) is 9.59 Å².